The molecule has 11 rings (SSSR count). The van der Waals surface area contributed by atoms with Gasteiger partial charge in [-0.25, -0.2) is 0 Å². The molecule has 2 heteroatoms. The maximum Gasteiger partial charge on any atom is 0.136 e. The zero-order valence-electron chi connectivity index (χ0n) is 31.9. The number of furan rings is 1. The van der Waals surface area contributed by atoms with Gasteiger partial charge in [-0.2, -0.15) is 0 Å². The summed E-state index contributed by atoms with van der Waals surface area (Å²) in [4.78, 5) is 2.46. The largest absolute Gasteiger partial charge is 0.456 e. The molecule has 0 atom stereocenters. The van der Waals surface area contributed by atoms with Crippen LogP contribution in [0, 0.1) is 0 Å². The first-order chi connectivity index (χ1) is 28.0. The maximum atomic E-state index is 6.58. The average molecular weight is 730 g/mol. The molecule has 10 aromatic rings. The van der Waals surface area contributed by atoms with Gasteiger partial charge < -0.3 is 9.32 Å². The summed E-state index contributed by atoms with van der Waals surface area (Å²) in [7, 11) is 0. The number of anilines is 3. The Morgan fingerprint density at radius 2 is 0.982 bits per heavy atom. The number of rotatable bonds is 6. The predicted molar refractivity (Wildman–Crippen MR) is 240 cm³/mol. The molecule has 1 aromatic heterocycles. The number of fused-ring (bicyclic) bond motifs is 7. The second-order valence-electron chi connectivity index (χ2n) is 15.7. The van der Waals surface area contributed by atoms with Crippen LogP contribution in [0.1, 0.15) is 25.0 Å². The lowest BCUT2D eigenvalue weighted by molar-refractivity contribution is 0.660. The minimum Gasteiger partial charge on any atom is -0.456 e. The number of para-hydroxylation sites is 1. The van der Waals surface area contributed by atoms with Crippen LogP contribution in [-0.4, -0.2) is 0 Å². The van der Waals surface area contributed by atoms with Gasteiger partial charge in [-0.1, -0.05) is 172 Å². The topological polar surface area (TPSA) is 16.4 Å². The molecule has 57 heavy (non-hydrogen) atoms. The highest BCUT2D eigenvalue weighted by molar-refractivity contribution is 6.19. The summed E-state index contributed by atoms with van der Waals surface area (Å²) in [6.07, 6.45) is 0. The molecule has 0 radical (unpaired) electrons. The van der Waals surface area contributed by atoms with E-state index in [1.807, 2.05) is 0 Å². The molecule has 270 valence electrons. The molecule has 1 aliphatic carbocycles. The van der Waals surface area contributed by atoms with Crippen LogP contribution < -0.4 is 4.90 Å². The molecule has 0 amide bonds. The summed E-state index contributed by atoms with van der Waals surface area (Å²) >= 11 is 0. The van der Waals surface area contributed by atoms with Crippen molar-refractivity contribution in [3.8, 4) is 44.5 Å². The summed E-state index contributed by atoms with van der Waals surface area (Å²) in [6.45, 7) is 4.71. The lowest BCUT2D eigenvalue weighted by Gasteiger charge is -2.30. The SMILES string of the molecule is CC1(C)c2ccccc2-c2ccc(N(c3ccc(-c4ccc(-c5ccccc5)cc4)cc3)c3ccc4oc5ccccc5c4c3-c3cccc4ccccc34)cc21. The standard InChI is InChI=1S/C55H39NO/c1-55(2)48-21-10-8-18-44(48)45-32-31-42(35-49(45)55)56(41-29-27-39(28-30-41)38-25-23-37(24-26-38)36-13-4-3-5-14-36)50-33-34-52-54(47-19-9-11-22-51(47)57-52)53(50)46-20-12-16-40-15-6-7-17-43(40)46/h3-35H,1-2H3. The Balaban J connectivity index is 1.14. The highest BCUT2D eigenvalue weighted by atomic mass is 16.3. The first-order valence-electron chi connectivity index (χ1n) is 19.8. The maximum absolute atomic E-state index is 6.58. The van der Waals surface area contributed by atoms with Crippen LogP contribution in [0.25, 0.3) is 77.2 Å². The van der Waals surface area contributed by atoms with Crippen LogP contribution in [0.15, 0.2) is 205 Å². The van der Waals surface area contributed by atoms with Gasteiger partial charge in [0.1, 0.15) is 11.2 Å². The van der Waals surface area contributed by atoms with Crippen molar-refractivity contribution in [1.29, 1.82) is 0 Å². The summed E-state index contributed by atoms with van der Waals surface area (Å²) in [5.41, 5.74) is 17.4. The van der Waals surface area contributed by atoms with Gasteiger partial charge in [0.2, 0.25) is 0 Å². The minimum absolute atomic E-state index is 0.146. The first-order valence-corrected chi connectivity index (χ1v) is 19.8. The van der Waals surface area contributed by atoms with Gasteiger partial charge in [-0.3, -0.25) is 0 Å². The molecule has 1 aliphatic rings. The van der Waals surface area contributed by atoms with Gasteiger partial charge in [0, 0.05) is 33.1 Å². The van der Waals surface area contributed by atoms with Crippen LogP contribution in [0.3, 0.4) is 0 Å². The van der Waals surface area contributed by atoms with Gasteiger partial charge in [0.15, 0.2) is 0 Å². The molecule has 0 saturated heterocycles. The molecule has 0 spiro atoms. The normalized spacial score (nSPS) is 12.9. The van der Waals surface area contributed by atoms with E-state index in [1.54, 1.807) is 0 Å². The van der Waals surface area contributed by atoms with Gasteiger partial charge in [0.25, 0.3) is 0 Å². The zero-order chi connectivity index (χ0) is 38.1. The molecule has 1 heterocycles. The summed E-state index contributed by atoms with van der Waals surface area (Å²) in [5.74, 6) is 0. The van der Waals surface area contributed by atoms with Crippen LogP contribution in [-0.2, 0) is 5.41 Å². The molecule has 0 bridgehead atoms. The molecule has 0 unspecified atom stereocenters. The fourth-order valence-electron chi connectivity index (χ4n) is 9.26. The Labute approximate surface area is 332 Å². The third kappa shape index (κ3) is 5.33. The number of hydrogen-bond acceptors (Lipinski definition) is 2. The highest BCUT2D eigenvalue weighted by Crippen LogP contribution is 2.53. The second kappa shape index (κ2) is 13.0. The van der Waals surface area contributed by atoms with E-state index >= 15 is 0 Å². The Morgan fingerprint density at radius 3 is 1.77 bits per heavy atom. The van der Waals surface area contributed by atoms with Gasteiger partial charge in [-0.15, -0.1) is 0 Å². The molecule has 0 N–H and O–H groups in total. The van der Waals surface area contributed by atoms with Crippen molar-refractivity contribution in [2.24, 2.45) is 0 Å². The molecular weight excluding hydrogens is 691 g/mol. The first kappa shape index (κ1) is 33.2. The fourth-order valence-corrected chi connectivity index (χ4v) is 9.26. The van der Waals surface area contributed by atoms with Crippen molar-refractivity contribution < 1.29 is 4.42 Å². The predicted octanol–water partition coefficient (Wildman–Crippen LogP) is 15.5. The van der Waals surface area contributed by atoms with Crippen molar-refractivity contribution in [3.63, 3.8) is 0 Å². The van der Waals surface area contributed by atoms with Crippen LogP contribution in [0.5, 0.6) is 0 Å². The zero-order valence-corrected chi connectivity index (χ0v) is 31.9. The third-order valence-corrected chi connectivity index (χ3v) is 12.1. The van der Waals surface area contributed by atoms with Gasteiger partial charge in [0.05, 0.1) is 5.69 Å². The molecule has 0 fully saturated rings. The number of nitrogens with zero attached hydrogens (tertiary/aromatic N) is 1. The Morgan fingerprint density at radius 1 is 0.404 bits per heavy atom. The average Bonchev–Trinajstić information content (AvgIpc) is 3.76. The van der Waals surface area contributed by atoms with E-state index in [0.717, 1.165) is 44.6 Å². The van der Waals surface area contributed by atoms with Gasteiger partial charge in [-0.05, 0) is 103 Å². The van der Waals surface area contributed by atoms with E-state index in [1.165, 1.54) is 60.8 Å². The monoisotopic (exact) mass is 729 g/mol. The quantitative estimate of drug-likeness (QED) is 0.169. The van der Waals surface area contributed by atoms with Crippen molar-refractivity contribution in [1.82, 2.24) is 0 Å². The van der Waals surface area contributed by atoms with E-state index in [9.17, 15) is 0 Å². The Bertz CT molecular complexity index is 3130. The Kier molecular flexibility index (Phi) is 7.55. The highest BCUT2D eigenvalue weighted by Gasteiger charge is 2.36. The molecule has 0 saturated carbocycles. The lowest BCUT2D eigenvalue weighted by atomic mass is 9.82. The van der Waals surface area contributed by atoms with Crippen molar-refractivity contribution in [2.75, 3.05) is 4.90 Å². The van der Waals surface area contributed by atoms with Gasteiger partial charge >= 0.3 is 0 Å². The summed E-state index contributed by atoms with van der Waals surface area (Å²) in [5, 5.41) is 4.64. The van der Waals surface area contributed by atoms with Crippen LogP contribution in [0.4, 0.5) is 17.1 Å². The third-order valence-electron chi connectivity index (χ3n) is 12.1. The smallest absolute Gasteiger partial charge is 0.136 e. The van der Waals surface area contributed by atoms with E-state index < -0.39 is 0 Å². The summed E-state index contributed by atoms with van der Waals surface area (Å²) in [6, 6.07) is 72.7. The van der Waals surface area contributed by atoms with E-state index in [2.05, 4.69) is 219 Å². The van der Waals surface area contributed by atoms with Crippen molar-refractivity contribution in [2.45, 2.75) is 19.3 Å². The lowest BCUT2D eigenvalue weighted by Crippen LogP contribution is -2.17. The minimum atomic E-state index is -0.146. The molecule has 2 nitrogen and oxygen atoms in total. The van der Waals surface area contributed by atoms with Crippen LogP contribution >= 0.6 is 0 Å². The van der Waals surface area contributed by atoms with E-state index in [0.29, 0.717) is 0 Å². The molecule has 9 aromatic carbocycles. The van der Waals surface area contributed by atoms with E-state index in [-0.39, 0.29) is 5.41 Å². The second-order valence-corrected chi connectivity index (χ2v) is 15.7. The van der Waals surface area contributed by atoms with Crippen molar-refractivity contribution >= 4 is 49.8 Å². The fraction of sp³-hybridized carbons (Fsp3) is 0.0545. The number of hydrogen-bond donors (Lipinski definition) is 0. The Hall–Kier alpha value is -7.16. The molecular formula is C55H39NO. The number of benzene rings is 9. The van der Waals surface area contributed by atoms with E-state index in [4.69, 9.17) is 4.42 Å². The van der Waals surface area contributed by atoms with Crippen LogP contribution in [0.2, 0.25) is 0 Å². The van der Waals surface area contributed by atoms with Crippen molar-refractivity contribution in [3.05, 3.63) is 211 Å². The molecule has 0 aliphatic heterocycles. The summed E-state index contributed by atoms with van der Waals surface area (Å²) < 4.78 is 6.58.